The van der Waals surface area contributed by atoms with Crippen LogP contribution in [-0.2, 0) is 15.8 Å². The van der Waals surface area contributed by atoms with Crippen LogP contribution in [0.1, 0.15) is 18.4 Å². The molecule has 1 aromatic rings. The minimum atomic E-state index is -3.45. The Labute approximate surface area is 114 Å². The lowest BCUT2D eigenvalue weighted by molar-refractivity contribution is 0.393. The topological polar surface area (TPSA) is 84.2 Å². The summed E-state index contributed by atoms with van der Waals surface area (Å²) in [6.45, 7) is 3.14. The maximum atomic E-state index is 11.0. The predicted octanol–water partition coefficient (Wildman–Crippen LogP) is 0.887. The normalized spacial score (nSPS) is 20.2. The average molecular weight is 283 g/mol. The molecule has 1 aliphatic rings. The second-order valence-corrected chi connectivity index (χ2v) is 6.71. The van der Waals surface area contributed by atoms with Crippen molar-refractivity contribution in [2.75, 3.05) is 25.0 Å². The quantitative estimate of drug-likeness (QED) is 0.749. The summed E-state index contributed by atoms with van der Waals surface area (Å²) < 4.78 is 21.9. The molecule has 2 rings (SSSR count). The van der Waals surface area contributed by atoms with Gasteiger partial charge in [0.2, 0.25) is 10.0 Å². The summed E-state index contributed by atoms with van der Waals surface area (Å²) in [5.41, 5.74) is 1.73. The van der Waals surface area contributed by atoms with Crippen LogP contribution in [0.2, 0.25) is 0 Å². The number of nitrogens with one attached hydrogen (secondary N) is 2. The molecule has 1 aromatic carbocycles. The van der Waals surface area contributed by atoms with Crippen molar-refractivity contribution in [3.05, 3.63) is 29.8 Å². The van der Waals surface area contributed by atoms with Gasteiger partial charge in [0.25, 0.3) is 0 Å². The van der Waals surface area contributed by atoms with Crippen LogP contribution in [0.5, 0.6) is 0 Å². The third-order valence-electron chi connectivity index (χ3n) is 3.32. The molecule has 0 amide bonds. The van der Waals surface area contributed by atoms with E-state index in [4.69, 9.17) is 5.14 Å². The van der Waals surface area contributed by atoms with Crippen molar-refractivity contribution in [3.8, 4) is 0 Å². The molecule has 1 unspecified atom stereocenters. The van der Waals surface area contributed by atoms with Gasteiger partial charge in [-0.1, -0.05) is 12.1 Å². The van der Waals surface area contributed by atoms with E-state index in [0.717, 1.165) is 25.3 Å². The zero-order chi connectivity index (χ0) is 13.7. The summed E-state index contributed by atoms with van der Waals surface area (Å²) in [5.74, 6) is 0.553. The molecule has 1 heterocycles. The van der Waals surface area contributed by atoms with Crippen molar-refractivity contribution < 1.29 is 8.42 Å². The van der Waals surface area contributed by atoms with Crippen LogP contribution in [0.25, 0.3) is 0 Å². The van der Waals surface area contributed by atoms with Gasteiger partial charge in [-0.15, -0.1) is 0 Å². The van der Waals surface area contributed by atoms with E-state index in [1.165, 1.54) is 12.8 Å². The number of hydrogen-bond acceptors (Lipinski definition) is 4. The molecule has 1 fully saturated rings. The van der Waals surface area contributed by atoms with E-state index in [1.54, 1.807) is 12.1 Å². The fraction of sp³-hybridized carbons (Fsp3) is 0.538. The van der Waals surface area contributed by atoms with Gasteiger partial charge in [0.15, 0.2) is 0 Å². The molecule has 0 saturated carbocycles. The van der Waals surface area contributed by atoms with E-state index >= 15 is 0 Å². The highest BCUT2D eigenvalue weighted by molar-refractivity contribution is 7.88. The zero-order valence-corrected chi connectivity index (χ0v) is 11.7. The lowest BCUT2D eigenvalue weighted by Gasteiger charge is -2.23. The summed E-state index contributed by atoms with van der Waals surface area (Å²) in [6.07, 6.45) is 2.49. The molecule has 1 atom stereocenters. The van der Waals surface area contributed by atoms with Crippen LogP contribution in [-0.4, -0.2) is 28.1 Å². The Morgan fingerprint density at radius 2 is 2.05 bits per heavy atom. The first kappa shape index (κ1) is 14.3. The Balaban J connectivity index is 1.84. The van der Waals surface area contributed by atoms with Crippen LogP contribution in [0.3, 0.4) is 0 Å². The zero-order valence-electron chi connectivity index (χ0n) is 10.9. The Kier molecular flexibility index (Phi) is 4.79. The number of benzene rings is 1. The van der Waals surface area contributed by atoms with E-state index in [-0.39, 0.29) is 5.75 Å². The molecule has 0 bridgehead atoms. The van der Waals surface area contributed by atoms with Crippen molar-refractivity contribution in [2.24, 2.45) is 11.1 Å². The molecule has 0 aliphatic carbocycles. The number of primary sulfonamides is 1. The van der Waals surface area contributed by atoms with E-state index in [0.29, 0.717) is 11.5 Å². The van der Waals surface area contributed by atoms with Gasteiger partial charge in [-0.25, -0.2) is 13.6 Å². The lowest BCUT2D eigenvalue weighted by atomic mass is 10.00. The smallest absolute Gasteiger partial charge is 0.213 e. The van der Waals surface area contributed by atoms with E-state index in [1.807, 2.05) is 12.1 Å². The number of nitrogens with two attached hydrogens (primary N) is 1. The molecule has 4 N–H and O–H groups in total. The Hall–Kier alpha value is -1.11. The number of anilines is 1. The molecule has 6 heteroatoms. The SMILES string of the molecule is NS(=O)(=O)Cc1ccc(NCC2CCCNC2)cc1. The maximum Gasteiger partial charge on any atom is 0.213 e. The summed E-state index contributed by atoms with van der Waals surface area (Å²) in [6, 6.07) is 7.39. The average Bonchev–Trinajstić information content (AvgIpc) is 2.37. The largest absolute Gasteiger partial charge is 0.385 e. The van der Waals surface area contributed by atoms with Gasteiger partial charge < -0.3 is 10.6 Å². The molecule has 5 nitrogen and oxygen atoms in total. The summed E-state index contributed by atoms with van der Waals surface area (Å²) in [5, 5.41) is 11.8. The van der Waals surface area contributed by atoms with Crippen LogP contribution in [0.15, 0.2) is 24.3 Å². The minimum absolute atomic E-state index is 0.111. The Morgan fingerprint density at radius 3 is 2.63 bits per heavy atom. The number of sulfonamides is 1. The number of rotatable bonds is 5. The number of hydrogen-bond donors (Lipinski definition) is 3. The van der Waals surface area contributed by atoms with Crippen molar-refractivity contribution in [1.29, 1.82) is 0 Å². The molecule has 0 aromatic heterocycles. The van der Waals surface area contributed by atoms with Gasteiger partial charge in [-0.3, -0.25) is 0 Å². The highest BCUT2D eigenvalue weighted by atomic mass is 32.2. The van der Waals surface area contributed by atoms with E-state index in [9.17, 15) is 8.42 Å². The minimum Gasteiger partial charge on any atom is -0.385 e. The lowest BCUT2D eigenvalue weighted by Crippen LogP contribution is -2.33. The van der Waals surface area contributed by atoms with Gasteiger partial charge in [-0.05, 0) is 49.5 Å². The molecule has 0 spiro atoms. The predicted molar refractivity (Wildman–Crippen MR) is 77.3 cm³/mol. The van der Waals surface area contributed by atoms with Gasteiger partial charge in [0.05, 0.1) is 5.75 Å². The highest BCUT2D eigenvalue weighted by Gasteiger charge is 2.12. The fourth-order valence-corrected chi connectivity index (χ4v) is 2.97. The van der Waals surface area contributed by atoms with Gasteiger partial charge >= 0.3 is 0 Å². The summed E-state index contributed by atoms with van der Waals surface area (Å²) in [4.78, 5) is 0. The molecule has 106 valence electrons. The summed E-state index contributed by atoms with van der Waals surface area (Å²) >= 11 is 0. The van der Waals surface area contributed by atoms with Gasteiger partial charge in [-0.2, -0.15) is 0 Å². The molecular formula is C13H21N3O2S. The van der Waals surface area contributed by atoms with Crippen LogP contribution < -0.4 is 15.8 Å². The molecular weight excluding hydrogens is 262 g/mol. The number of piperidine rings is 1. The van der Waals surface area contributed by atoms with Crippen LogP contribution in [0, 0.1) is 5.92 Å². The van der Waals surface area contributed by atoms with Crippen molar-refractivity contribution in [1.82, 2.24) is 5.32 Å². The van der Waals surface area contributed by atoms with Crippen LogP contribution >= 0.6 is 0 Å². The second-order valence-electron chi connectivity index (χ2n) is 5.10. The first-order valence-electron chi connectivity index (χ1n) is 6.57. The molecule has 1 aliphatic heterocycles. The van der Waals surface area contributed by atoms with E-state index < -0.39 is 10.0 Å². The Bertz CT molecular complexity index is 493. The second kappa shape index (κ2) is 6.36. The van der Waals surface area contributed by atoms with Gasteiger partial charge in [0.1, 0.15) is 0 Å². The van der Waals surface area contributed by atoms with Crippen molar-refractivity contribution in [3.63, 3.8) is 0 Å². The third-order valence-corrected chi connectivity index (χ3v) is 4.05. The standard InChI is InChI=1S/C13H21N3O2S/c14-19(17,18)10-11-3-5-13(6-4-11)16-9-12-2-1-7-15-8-12/h3-6,12,15-16H,1-2,7-10H2,(H2,14,17,18). The third kappa shape index (κ3) is 5.18. The van der Waals surface area contributed by atoms with Gasteiger partial charge in [0, 0.05) is 12.2 Å². The molecule has 19 heavy (non-hydrogen) atoms. The molecule has 0 radical (unpaired) electrons. The van der Waals surface area contributed by atoms with E-state index in [2.05, 4.69) is 10.6 Å². The summed E-state index contributed by atoms with van der Waals surface area (Å²) in [7, 11) is -3.45. The van der Waals surface area contributed by atoms with Crippen molar-refractivity contribution >= 4 is 15.7 Å². The molecule has 1 saturated heterocycles. The monoisotopic (exact) mass is 283 g/mol. The van der Waals surface area contributed by atoms with Crippen LogP contribution in [0.4, 0.5) is 5.69 Å². The first-order valence-corrected chi connectivity index (χ1v) is 8.28. The maximum absolute atomic E-state index is 11.0. The van der Waals surface area contributed by atoms with Crippen molar-refractivity contribution in [2.45, 2.75) is 18.6 Å². The Morgan fingerprint density at radius 1 is 1.32 bits per heavy atom. The first-order chi connectivity index (χ1) is 9.03. The fourth-order valence-electron chi connectivity index (χ4n) is 2.31. The highest BCUT2D eigenvalue weighted by Crippen LogP contribution is 2.14.